The van der Waals surface area contributed by atoms with Crippen molar-refractivity contribution in [1.82, 2.24) is 10.0 Å². The Morgan fingerprint density at radius 1 is 1.33 bits per heavy atom. The lowest BCUT2D eigenvalue weighted by Crippen LogP contribution is -2.38. The van der Waals surface area contributed by atoms with Gasteiger partial charge in [-0.2, -0.15) is 0 Å². The van der Waals surface area contributed by atoms with Crippen molar-refractivity contribution < 1.29 is 8.42 Å². The van der Waals surface area contributed by atoms with E-state index in [0.29, 0.717) is 13.1 Å². The molecule has 5 heteroatoms. The summed E-state index contributed by atoms with van der Waals surface area (Å²) in [6.45, 7) is 7.25. The molecule has 0 aliphatic rings. The first kappa shape index (κ1) is 15.1. The lowest BCUT2D eigenvalue weighted by atomic mass is 10.1. The van der Waals surface area contributed by atoms with Crippen LogP contribution in [-0.4, -0.2) is 26.8 Å². The summed E-state index contributed by atoms with van der Waals surface area (Å²) >= 11 is 0. The fraction of sp³-hybridized carbons (Fsp3) is 0.538. The second-order valence-corrected chi connectivity index (χ2v) is 6.66. The summed E-state index contributed by atoms with van der Waals surface area (Å²) in [6, 6.07) is 7.83. The zero-order valence-corrected chi connectivity index (χ0v) is 12.0. The molecule has 1 unspecified atom stereocenters. The molecule has 1 atom stereocenters. The van der Waals surface area contributed by atoms with E-state index in [9.17, 15) is 8.42 Å². The predicted octanol–water partition coefficient (Wildman–Crippen LogP) is 1.41. The molecule has 0 bridgehead atoms. The van der Waals surface area contributed by atoms with Crippen LogP contribution in [0.4, 0.5) is 0 Å². The highest BCUT2D eigenvalue weighted by Crippen LogP contribution is 2.05. The summed E-state index contributed by atoms with van der Waals surface area (Å²) in [5.74, 6) is 0. The Balaban J connectivity index is 2.56. The molecule has 18 heavy (non-hydrogen) atoms. The van der Waals surface area contributed by atoms with Crippen molar-refractivity contribution in [1.29, 1.82) is 0 Å². The second-order valence-electron chi connectivity index (χ2n) is 4.47. The second kappa shape index (κ2) is 6.87. The van der Waals surface area contributed by atoms with Gasteiger partial charge in [0.05, 0.1) is 5.25 Å². The van der Waals surface area contributed by atoms with Crippen molar-refractivity contribution in [2.45, 2.75) is 32.6 Å². The van der Waals surface area contributed by atoms with Crippen molar-refractivity contribution >= 4 is 10.0 Å². The monoisotopic (exact) mass is 270 g/mol. The highest BCUT2D eigenvalue weighted by molar-refractivity contribution is 7.90. The molecule has 0 aromatic heterocycles. The van der Waals surface area contributed by atoms with Crippen LogP contribution in [-0.2, 0) is 16.6 Å². The van der Waals surface area contributed by atoms with E-state index in [1.807, 2.05) is 38.1 Å². The van der Waals surface area contributed by atoms with Gasteiger partial charge in [-0.1, -0.05) is 36.8 Å². The van der Waals surface area contributed by atoms with Crippen LogP contribution in [0.15, 0.2) is 24.3 Å². The third kappa shape index (κ3) is 4.76. The van der Waals surface area contributed by atoms with Gasteiger partial charge in [0, 0.05) is 13.1 Å². The van der Waals surface area contributed by atoms with Gasteiger partial charge >= 0.3 is 0 Å². The fourth-order valence-electron chi connectivity index (χ4n) is 1.61. The summed E-state index contributed by atoms with van der Waals surface area (Å²) in [4.78, 5) is 0. The summed E-state index contributed by atoms with van der Waals surface area (Å²) < 4.78 is 26.5. The molecule has 0 spiro atoms. The van der Waals surface area contributed by atoms with E-state index in [-0.39, 0.29) is 0 Å². The Hall–Kier alpha value is -0.910. The maximum atomic E-state index is 11.9. The van der Waals surface area contributed by atoms with Crippen LogP contribution in [0.5, 0.6) is 0 Å². The number of sulfonamides is 1. The summed E-state index contributed by atoms with van der Waals surface area (Å²) in [6.07, 6.45) is 0. The van der Waals surface area contributed by atoms with E-state index in [1.165, 1.54) is 0 Å². The quantitative estimate of drug-likeness (QED) is 0.787. The summed E-state index contributed by atoms with van der Waals surface area (Å²) in [7, 11) is -3.26. The van der Waals surface area contributed by atoms with Crippen molar-refractivity contribution in [3.8, 4) is 0 Å². The molecule has 0 saturated heterocycles. The molecule has 0 aliphatic carbocycles. The Bertz CT molecular complexity index is 472. The summed E-state index contributed by atoms with van der Waals surface area (Å²) in [5.41, 5.74) is 2.11. The van der Waals surface area contributed by atoms with Gasteiger partial charge in [0.1, 0.15) is 0 Å². The van der Waals surface area contributed by atoms with E-state index in [1.54, 1.807) is 6.92 Å². The minimum Gasteiger partial charge on any atom is -0.316 e. The fourth-order valence-corrected chi connectivity index (χ4v) is 2.60. The molecule has 0 amide bonds. The highest BCUT2D eigenvalue weighted by Gasteiger charge is 2.19. The van der Waals surface area contributed by atoms with Crippen molar-refractivity contribution in [3.05, 3.63) is 35.4 Å². The minimum absolute atomic E-state index is 0.348. The largest absolute Gasteiger partial charge is 0.316 e. The van der Waals surface area contributed by atoms with Crippen LogP contribution >= 0.6 is 0 Å². The third-order valence-electron chi connectivity index (χ3n) is 2.77. The highest BCUT2D eigenvalue weighted by atomic mass is 32.2. The zero-order valence-electron chi connectivity index (χ0n) is 11.2. The molecule has 102 valence electrons. The standard InChI is InChI=1S/C13H22N2O2S/c1-4-14-9-12(3)18(16,17)15-10-13-7-5-6-11(2)8-13/h5-8,12,14-15H,4,9-10H2,1-3H3. The normalized spacial score (nSPS) is 13.5. The van der Waals surface area contributed by atoms with E-state index >= 15 is 0 Å². The SMILES string of the molecule is CCNCC(C)S(=O)(=O)NCc1cccc(C)c1. The molecule has 4 nitrogen and oxygen atoms in total. The molecule has 2 N–H and O–H groups in total. The topological polar surface area (TPSA) is 58.2 Å². The van der Waals surface area contributed by atoms with Crippen LogP contribution in [0.3, 0.4) is 0 Å². The number of nitrogens with one attached hydrogen (secondary N) is 2. The first-order chi connectivity index (χ1) is 8.45. The smallest absolute Gasteiger partial charge is 0.215 e. The average molecular weight is 270 g/mol. The van der Waals surface area contributed by atoms with E-state index < -0.39 is 15.3 Å². The molecule has 0 heterocycles. The lowest BCUT2D eigenvalue weighted by Gasteiger charge is -2.14. The number of aryl methyl sites for hydroxylation is 1. The Morgan fingerprint density at radius 2 is 2.06 bits per heavy atom. The average Bonchev–Trinajstić information content (AvgIpc) is 2.33. The van der Waals surface area contributed by atoms with Crippen LogP contribution in [0, 0.1) is 6.92 Å². The molecular weight excluding hydrogens is 248 g/mol. The number of benzene rings is 1. The number of hydrogen-bond donors (Lipinski definition) is 2. The van der Waals surface area contributed by atoms with E-state index in [2.05, 4.69) is 10.0 Å². The maximum Gasteiger partial charge on any atom is 0.215 e. The van der Waals surface area contributed by atoms with Crippen molar-refractivity contribution in [2.75, 3.05) is 13.1 Å². The van der Waals surface area contributed by atoms with E-state index in [4.69, 9.17) is 0 Å². The molecule has 0 radical (unpaired) electrons. The van der Waals surface area contributed by atoms with Gasteiger partial charge in [-0.3, -0.25) is 0 Å². The van der Waals surface area contributed by atoms with Gasteiger partial charge < -0.3 is 5.32 Å². The van der Waals surface area contributed by atoms with Crippen LogP contribution in [0.2, 0.25) is 0 Å². The maximum absolute atomic E-state index is 11.9. The number of hydrogen-bond acceptors (Lipinski definition) is 3. The van der Waals surface area contributed by atoms with Crippen molar-refractivity contribution in [2.24, 2.45) is 0 Å². The molecule has 1 aromatic rings. The predicted molar refractivity (Wildman–Crippen MR) is 74.9 cm³/mol. The van der Waals surface area contributed by atoms with Crippen LogP contribution < -0.4 is 10.0 Å². The Morgan fingerprint density at radius 3 is 2.67 bits per heavy atom. The molecule has 1 aromatic carbocycles. The molecule has 0 fully saturated rings. The zero-order chi connectivity index (χ0) is 13.6. The van der Waals surface area contributed by atoms with Crippen LogP contribution in [0.25, 0.3) is 0 Å². The summed E-state index contributed by atoms with van der Waals surface area (Å²) in [5, 5.41) is 2.61. The third-order valence-corrected chi connectivity index (χ3v) is 4.54. The lowest BCUT2D eigenvalue weighted by molar-refractivity contribution is 0.560. The van der Waals surface area contributed by atoms with E-state index in [0.717, 1.165) is 17.7 Å². The molecule has 1 rings (SSSR count). The first-order valence-corrected chi connectivity index (χ1v) is 7.75. The Labute approximate surface area is 110 Å². The van der Waals surface area contributed by atoms with Crippen molar-refractivity contribution in [3.63, 3.8) is 0 Å². The Kier molecular flexibility index (Phi) is 5.78. The van der Waals surface area contributed by atoms with Gasteiger partial charge in [0.2, 0.25) is 10.0 Å². The molecule has 0 aliphatic heterocycles. The van der Waals surface area contributed by atoms with Gasteiger partial charge in [0.25, 0.3) is 0 Å². The van der Waals surface area contributed by atoms with Gasteiger partial charge in [-0.05, 0) is 26.0 Å². The first-order valence-electron chi connectivity index (χ1n) is 6.20. The minimum atomic E-state index is -3.26. The number of rotatable bonds is 7. The van der Waals surface area contributed by atoms with Gasteiger partial charge in [-0.25, -0.2) is 13.1 Å². The molecular formula is C13H22N2O2S. The van der Waals surface area contributed by atoms with Crippen LogP contribution in [0.1, 0.15) is 25.0 Å². The molecule has 0 saturated carbocycles. The van der Waals surface area contributed by atoms with Gasteiger partial charge in [-0.15, -0.1) is 0 Å². The van der Waals surface area contributed by atoms with Gasteiger partial charge in [0.15, 0.2) is 0 Å².